The summed E-state index contributed by atoms with van der Waals surface area (Å²) < 4.78 is 3.42. The average molecular weight is 414 g/mol. The van der Waals surface area contributed by atoms with Crippen LogP contribution >= 0.6 is 0 Å². The molecule has 0 aliphatic heterocycles. The van der Waals surface area contributed by atoms with E-state index in [4.69, 9.17) is 0 Å². The maximum atomic E-state index is 2.53. The van der Waals surface area contributed by atoms with Gasteiger partial charge >= 0.3 is 142 Å². The zero-order chi connectivity index (χ0) is 16.4. The van der Waals surface area contributed by atoms with Crippen molar-refractivity contribution in [2.75, 3.05) is 0 Å². The van der Waals surface area contributed by atoms with Crippen molar-refractivity contribution < 1.29 is 0 Å². The molecule has 0 saturated heterocycles. The van der Waals surface area contributed by atoms with Crippen LogP contribution in [-0.2, 0) is 0 Å². The van der Waals surface area contributed by atoms with Crippen LogP contribution in [0.4, 0.5) is 0 Å². The Kier molecular flexibility index (Phi) is 5.44. The third kappa shape index (κ3) is 4.17. The van der Waals surface area contributed by atoms with Gasteiger partial charge in [0.1, 0.15) is 0 Å². The second kappa shape index (κ2) is 6.80. The van der Waals surface area contributed by atoms with Crippen LogP contribution in [0.2, 0.25) is 34.5 Å². The van der Waals surface area contributed by atoms with Gasteiger partial charge in [0.25, 0.3) is 0 Å². The van der Waals surface area contributed by atoms with Crippen molar-refractivity contribution in [1.82, 2.24) is 0 Å². The summed E-state index contributed by atoms with van der Waals surface area (Å²) in [7, 11) is 0. The molecular weight excluding hydrogens is 385 g/mol. The predicted molar refractivity (Wildman–Crippen MR) is 106 cm³/mol. The molecule has 0 atom stereocenters. The molecule has 0 unspecified atom stereocenters. The van der Waals surface area contributed by atoms with Crippen molar-refractivity contribution in [3.05, 3.63) is 71.8 Å². The Bertz CT molecular complexity index is 582. The first-order chi connectivity index (χ1) is 10.2. The van der Waals surface area contributed by atoms with E-state index in [-0.39, 0.29) is 0 Å². The molecule has 0 aliphatic rings. The van der Waals surface area contributed by atoms with Crippen molar-refractivity contribution >= 4 is 35.3 Å². The Labute approximate surface area is 141 Å². The normalized spacial score (nSPS) is 13.7. The van der Waals surface area contributed by atoms with E-state index in [0.29, 0.717) is 0 Å². The molecule has 0 aliphatic carbocycles. The van der Waals surface area contributed by atoms with Gasteiger partial charge in [0.15, 0.2) is 0 Å². The fraction of sp³-hybridized carbons (Fsp3) is 0.300. The van der Waals surface area contributed by atoms with Gasteiger partial charge in [-0.05, 0) is 0 Å². The van der Waals surface area contributed by atoms with Crippen molar-refractivity contribution in [1.29, 1.82) is 0 Å². The van der Waals surface area contributed by atoms with Crippen LogP contribution in [0.1, 0.15) is 11.1 Å². The van der Waals surface area contributed by atoms with Crippen molar-refractivity contribution in [3.8, 4) is 0 Å². The van der Waals surface area contributed by atoms with E-state index in [1.807, 2.05) is 0 Å². The fourth-order valence-electron chi connectivity index (χ4n) is 3.11. The molecule has 0 heterocycles. The molecular formula is C20H28Ge2. The first kappa shape index (κ1) is 17.6. The molecule has 0 spiro atoms. The molecule has 0 saturated carbocycles. The average Bonchev–Trinajstić information content (AvgIpc) is 2.44. The van der Waals surface area contributed by atoms with Crippen LogP contribution in [0.3, 0.4) is 0 Å². The zero-order valence-corrected chi connectivity index (χ0v) is 19.0. The Morgan fingerprint density at radius 1 is 0.500 bits per heavy atom. The minimum absolute atomic E-state index is 1.45. The van der Waals surface area contributed by atoms with Gasteiger partial charge in [-0.15, -0.1) is 0 Å². The van der Waals surface area contributed by atoms with Gasteiger partial charge in [0.2, 0.25) is 0 Å². The molecule has 2 aromatic rings. The molecule has 0 nitrogen and oxygen atoms in total. The van der Waals surface area contributed by atoms with E-state index in [0.717, 1.165) is 0 Å². The number of hydrogen-bond acceptors (Lipinski definition) is 0. The van der Waals surface area contributed by atoms with Crippen LogP contribution < -0.4 is 0 Å². The maximum absolute atomic E-state index is 2.53. The van der Waals surface area contributed by atoms with Crippen LogP contribution in [0.25, 0.3) is 8.81 Å². The summed E-state index contributed by atoms with van der Waals surface area (Å²) in [6.07, 6.45) is 0. The summed E-state index contributed by atoms with van der Waals surface area (Å²) in [5.74, 6) is 15.2. The van der Waals surface area contributed by atoms with Crippen LogP contribution in [0.5, 0.6) is 0 Å². The van der Waals surface area contributed by atoms with Gasteiger partial charge in [0.05, 0.1) is 0 Å². The van der Waals surface area contributed by atoms with E-state index < -0.39 is 26.5 Å². The molecule has 2 heteroatoms. The molecule has 22 heavy (non-hydrogen) atoms. The van der Waals surface area contributed by atoms with E-state index in [2.05, 4.69) is 95.2 Å². The van der Waals surface area contributed by atoms with Gasteiger partial charge in [0, 0.05) is 0 Å². The second-order valence-electron chi connectivity index (χ2n) is 7.98. The third-order valence-corrected chi connectivity index (χ3v) is 13.5. The number of benzene rings is 2. The van der Waals surface area contributed by atoms with Crippen molar-refractivity contribution in [2.45, 2.75) is 34.5 Å². The molecule has 0 fully saturated rings. The second-order valence-corrected chi connectivity index (χ2v) is 29.0. The summed E-state index contributed by atoms with van der Waals surface area (Å²) in [6, 6.07) is 22.2. The van der Waals surface area contributed by atoms with Crippen LogP contribution in [-0.4, -0.2) is 26.5 Å². The Balaban J connectivity index is 2.84. The van der Waals surface area contributed by atoms with Crippen molar-refractivity contribution in [2.24, 2.45) is 0 Å². The number of hydrogen-bond donors (Lipinski definition) is 0. The van der Waals surface area contributed by atoms with Crippen molar-refractivity contribution in [3.63, 3.8) is 0 Å². The summed E-state index contributed by atoms with van der Waals surface area (Å²) in [6.45, 7) is 0. The Morgan fingerprint density at radius 3 is 1.00 bits per heavy atom. The van der Waals surface area contributed by atoms with E-state index in [1.165, 1.54) is 11.1 Å². The van der Waals surface area contributed by atoms with Gasteiger partial charge in [-0.25, -0.2) is 0 Å². The molecule has 2 rings (SSSR count). The Hall–Kier alpha value is -0.734. The molecule has 0 bridgehead atoms. The van der Waals surface area contributed by atoms with E-state index >= 15 is 0 Å². The van der Waals surface area contributed by atoms with Gasteiger partial charge in [-0.1, -0.05) is 0 Å². The van der Waals surface area contributed by atoms with Crippen LogP contribution in [0, 0.1) is 0 Å². The van der Waals surface area contributed by atoms with Gasteiger partial charge in [-0.2, -0.15) is 0 Å². The molecule has 0 N–H and O–H groups in total. The first-order valence-electron chi connectivity index (χ1n) is 8.07. The zero-order valence-electron chi connectivity index (χ0n) is 14.8. The summed E-state index contributed by atoms with van der Waals surface area (Å²) >= 11 is -4.02. The summed E-state index contributed by atoms with van der Waals surface area (Å²) in [4.78, 5) is 0. The quantitative estimate of drug-likeness (QED) is 0.404. The third-order valence-electron chi connectivity index (χ3n) is 3.87. The first-order valence-corrected chi connectivity index (χ1v) is 22.8. The summed E-state index contributed by atoms with van der Waals surface area (Å²) in [5, 5.41) is 0. The summed E-state index contributed by atoms with van der Waals surface area (Å²) in [5.41, 5.74) is 2.91. The molecule has 0 amide bonds. The molecule has 0 radical (unpaired) electrons. The van der Waals surface area contributed by atoms with Crippen LogP contribution in [0.15, 0.2) is 60.7 Å². The standard InChI is InChI=1S/C20H28Ge2/c1-21(2,3)19(17-13-9-7-10-14-17)20(22(4,5)6)18-15-11-8-12-16-18/h7-16H,1-6H3/b20-19+. The monoisotopic (exact) mass is 416 g/mol. The molecule has 116 valence electrons. The molecule has 2 aromatic carbocycles. The SMILES string of the molecule is [CH3][Ge]([CH3])([CH3])/[C](=[C](\c1ccccc1)[Ge]([CH3])([CH3])[CH3])c1ccccc1. The fourth-order valence-corrected chi connectivity index (χ4v) is 19.4. The van der Waals surface area contributed by atoms with Gasteiger partial charge in [-0.3, -0.25) is 0 Å². The predicted octanol–water partition coefficient (Wildman–Crippen LogP) is 6.35. The van der Waals surface area contributed by atoms with E-state index in [1.54, 1.807) is 8.81 Å². The van der Waals surface area contributed by atoms with E-state index in [9.17, 15) is 0 Å². The topological polar surface area (TPSA) is 0 Å². The molecule has 0 aromatic heterocycles. The Morgan fingerprint density at radius 2 is 0.773 bits per heavy atom. The number of rotatable bonds is 4. The van der Waals surface area contributed by atoms with Gasteiger partial charge < -0.3 is 0 Å². The minimum atomic E-state index is -2.01.